The molecule has 1 aromatic rings. The molecular formula is C12H17N3O5S. The van der Waals surface area contributed by atoms with Gasteiger partial charge in [-0.1, -0.05) is 0 Å². The Kier molecular flexibility index (Phi) is 6.10. The normalized spacial score (nSPS) is 11.6. The molecule has 1 atom stereocenters. The summed E-state index contributed by atoms with van der Waals surface area (Å²) < 4.78 is 4.43. The Morgan fingerprint density at radius 2 is 2.05 bits per heavy atom. The van der Waals surface area contributed by atoms with Gasteiger partial charge in [0.2, 0.25) is 0 Å². The van der Waals surface area contributed by atoms with Crippen LogP contribution < -0.4 is 10.6 Å². The van der Waals surface area contributed by atoms with Crippen LogP contribution in [-0.4, -0.2) is 41.2 Å². The number of thiazole rings is 1. The van der Waals surface area contributed by atoms with E-state index >= 15 is 0 Å². The molecule has 3 N–H and O–H groups in total. The average molecular weight is 315 g/mol. The monoisotopic (exact) mass is 315 g/mol. The molecule has 21 heavy (non-hydrogen) atoms. The van der Waals surface area contributed by atoms with Crippen molar-refractivity contribution in [3.8, 4) is 0 Å². The van der Waals surface area contributed by atoms with Crippen molar-refractivity contribution < 1.29 is 24.2 Å². The van der Waals surface area contributed by atoms with Crippen molar-refractivity contribution in [2.45, 2.75) is 32.7 Å². The second-order valence-electron chi connectivity index (χ2n) is 4.26. The summed E-state index contributed by atoms with van der Waals surface area (Å²) in [6.07, 6.45) is -0.144. The Balaban J connectivity index is 2.56. The summed E-state index contributed by atoms with van der Waals surface area (Å²) in [5.74, 6) is -1.75. The minimum atomic E-state index is -1.22. The molecule has 1 rings (SSSR count). The standard InChI is InChI=1S/C12H17N3O5S/c1-6-7(2)21-12(13-6)15-11(19)14-8(10(17)18)4-5-9(16)20-3/h8H,4-5H2,1-3H3,(H,17,18)(H2,13,14,15,19)/t8-/m1/s1. The zero-order valence-electron chi connectivity index (χ0n) is 11.9. The summed E-state index contributed by atoms with van der Waals surface area (Å²) in [6.45, 7) is 3.68. The van der Waals surface area contributed by atoms with Crippen LogP contribution in [0.5, 0.6) is 0 Å². The van der Waals surface area contributed by atoms with E-state index in [4.69, 9.17) is 5.11 Å². The molecule has 0 radical (unpaired) electrons. The molecule has 0 saturated heterocycles. The van der Waals surface area contributed by atoms with Crippen molar-refractivity contribution in [3.63, 3.8) is 0 Å². The molecule has 0 bridgehead atoms. The van der Waals surface area contributed by atoms with E-state index in [0.717, 1.165) is 10.6 Å². The summed E-state index contributed by atoms with van der Waals surface area (Å²) in [7, 11) is 1.21. The molecule has 0 spiro atoms. The maximum atomic E-state index is 11.7. The van der Waals surface area contributed by atoms with E-state index in [-0.39, 0.29) is 12.8 Å². The minimum Gasteiger partial charge on any atom is -0.480 e. The van der Waals surface area contributed by atoms with Gasteiger partial charge in [0.1, 0.15) is 6.04 Å². The van der Waals surface area contributed by atoms with Crippen molar-refractivity contribution in [2.75, 3.05) is 12.4 Å². The second kappa shape index (κ2) is 7.58. The number of aromatic nitrogens is 1. The van der Waals surface area contributed by atoms with Crippen LogP contribution in [0.4, 0.5) is 9.93 Å². The van der Waals surface area contributed by atoms with Crippen LogP contribution in [0, 0.1) is 13.8 Å². The quantitative estimate of drug-likeness (QED) is 0.681. The van der Waals surface area contributed by atoms with Gasteiger partial charge in [-0.3, -0.25) is 10.1 Å². The van der Waals surface area contributed by atoms with Crippen molar-refractivity contribution in [3.05, 3.63) is 10.6 Å². The van der Waals surface area contributed by atoms with Crippen molar-refractivity contribution in [1.82, 2.24) is 10.3 Å². The first-order valence-corrected chi connectivity index (χ1v) is 6.96. The molecule has 116 valence electrons. The number of carboxylic acids is 1. The molecule has 9 heteroatoms. The lowest BCUT2D eigenvalue weighted by Gasteiger charge is -2.13. The number of esters is 1. The second-order valence-corrected chi connectivity index (χ2v) is 5.47. The van der Waals surface area contributed by atoms with Crippen molar-refractivity contribution in [1.29, 1.82) is 0 Å². The van der Waals surface area contributed by atoms with E-state index in [0.29, 0.717) is 5.13 Å². The molecule has 0 saturated carbocycles. The summed E-state index contributed by atoms with van der Waals surface area (Å²) >= 11 is 1.30. The zero-order valence-corrected chi connectivity index (χ0v) is 12.7. The number of aliphatic carboxylic acids is 1. The fourth-order valence-corrected chi connectivity index (χ4v) is 2.25. The highest BCUT2D eigenvalue weighted by molar-refractivity contribution is 7.15. The fraction of sp³-hybridized carbons (Fsp3) is 0.500. The molecular weight excluding hydrogens is 298 g/mol. The maximum Gasteiger partial charge on any atom is 0.326 e. The van der Waals surface area contributed by atoms with Crippen LogP contribution in [0.15, 0.2) is 0 Å². The Bertz CT molecular complexity index is 523. The molecule has 1 aromatic heterocycles. The highest BCUT2D eigenvalue weighted by Crippen LogP contribution is 2.20. The van der Waals surface area contributed by atoms with Gasteiger partial charge in [-0.05, 0) is 20.3 Å². The third kappa shape index (κ3) is 5.38. The number of ether oxygens (including phenoxy) is 1. The molecule has 0 aliphatic heterocycles. The molecule has 2 amide bonds. The smallest absolute Gasteiger partial charge is 0.326 e. The van der Waals surface area contributed by atoms with E-state index in [2.05, 4.69) is 20.4 Å². The number of aryl methyl sites for hydroxylation is 2. The summed E-state index contributed by atoms with van der Waals surface area (Å²) in [5, 5.41) is 14.2. The number of hydrogen-bond donors (Lipinski definition) is 3. The van der Waals surface area contributed by atoms with E-state index in [1.807, 2.05) is 13.8 Å². The topological polar surface area (TPSA) is 118 Å². The summed E-state index contributed by atoms with van der Waals surface area (Å²) in [5.41, 5.74) is 0.802. The minimum absolute atomic E-state index is 0.0502. The number of amides is 2. The van der Waals surface area contributed by atoms with Crippen LogP contribution in [-0.2, 0) is 14.3 Å². The average Bonchev–Trinajstić information content (AvgIpc) is 2.72. The van der Waals surface area contributed by atoms with Crippen LogP contribution in [0.1, 0.15) is 23.4 Å². The van der Waals surface area contributed by atoms with Gasteiger partial charge in [0.15, 0.2) is 5.13 Å². The Morgan fingerprint density at radius 1 is 1.38 bits per heavy atom. The first kappa shape index (κ1) is 16.9. The molecule has 0 aliphatic carbocycles. The number of carbonyl (C=O) groups is 3. The van der Waals surface area contributed by atoms with Crippen molar-refractivity contribution >= 4 is 34.4 Å². The molecule has 8 nitrogen and oxygen atoms in total. The first-order valence-electron chi connectivity index (χ1n) is 6.14. The van der Waals surface area contributed by atoms with Gasteiger partial charge in [-0.15, -0.1) is 11.3 Å². The lowest BCUT2D eigenvalue weighted by molar-refractivity contribution is -0.142. The van der Waals surface area contributed by atoms with Gasteiger partial charge in [-0.25, -0.2) is 14.6 Å². The fourth-order valence-electron chi connectivity index (χ4n) is 1.44. The highest BCUT2D eigenvalue weighted by atomic mass is 32.1. The van der Waals surface area contributed by atoms with E-state index in [1.54, 1.807) is 0 Å². The lowest BCUT2D eigenvalue weighted by Crippen LogP contribution is -2.43. The first-order chi connectivity index (χ1) is 9.83. The molecule has 0 fully saturated rings. The number of hydrogen-bond acceptors (Lipinski definition) is 6. The molecule has 0 unspecified atom stereocenters. The Morgan fingerprint density at radius 3 is 2.52 bits per heavy atom. The Labute approximate surface area is 125 Å². The number of methoxy groups -OCH3 is 1. The molecule has 1 heterocycles. The number of carboxylic acid groups (broad SMARTS) is 1. The maximum absolute atomic E-state index is 11.7. The number of anilines is 1. The van der Waals surface area contributed by atoms with Gasteiger partial charge >= 0.3 is 18.0 Å². The van der Waals surface area contributed by atoms with E-state index in [9.17, 15) is 14.4 Å². The van der Waals surface area contributed by atoms with Gasteiger partial charge < -0.3 is 15.2 Å². The number of nitrogens with one attached hydrogen (secondary N) is 2. The molecule has 0 aromatic carbocycles. The third-order valence-electron chi connectivity index (χ3n) is 2.72. The predicted molar refractivity (Wildman–Crippen MR) is 76.4 cm³/mol. The SMILES string of the molecule is COC(=O)CC[C@@H](NC(=O)Nc1nc(C)c(C)s1)C(=O)O. The van der Waals surface area contributed by atoms with E-state index < -0.39 is 24.0 Å². The summed E-state index contributed by atoms with van der Waals surface area (Å²) in [6, 6.07) is -1.85. The van der Waals surface area contributed by atoms with Crippen LogP contribution in [0.2, 0.25) is 0 Å². The van der Waals surface area contributed by atoms with Crippen LogP contribution in [0.3, 0.4) is 0 Å². The molecule has 0 aliphatic rings. The van der Waals surface area contributed by atoms with Gasteiger partial charge in [-0.2, -0.15) is 0 Å². The zero-order chi connectivity index (χ0) is 16.0. The van der Waals surface area contributed by atoms with Gasteiger partial charge in [0, 0.05) is 11.3 Å². The summed E-state index contributed by atoms with van der Waals surface area (Å²) in [4.78, 5) is 38.8. The predicted octanol–water partition coefficient (Wildman–Crippen LogP) is 1.29. The van der Waals surface area contributed by atoms with E-state index in [1.165, 1.54) is 18.4 Å². The third-order valence-corrected chi connectivity index (χ3v) is 3.71. The Hall–Kier alpha value is -2.16. The van der Waals surface area contributed by atoms with Gasteiger partial charge in [0.25, 0.3) is 0 Å². The largest absolute Gasteiger partial charge is 0.480 e. The van der Waals surface area contributed by atoms with Crippen LogP contribution in [0.25, 0.3) is 0 Å². The number of rotatable bonds is 6. The number of carbonyl (C=O) groups excluding carboxylic acids is 2. The van der Waals surface area contributed by atoms with Crippen LogP contribution >= 0.6 is 11.3 Å². The highest BCUT2D eigenvalue weighted by Gasteiger charge is 2.21. The lowest BCUT2D eigenvalue weighted by atomic mass is 10.1. The number of urea groups is 1. The van der Waals surface area contributed by atoms with Gasteiger partial charge in [0.05, 0.1) is 12.8 Å². The van der Waals surface area contributed by atoms with Crippen molar-refractivity contribution in [2.24, 2.45) is 0 Å². The number of nitrogens with zero attached hydrogens (tertiary/aromatic N) is 1.